The molecule has 0 saturated heterocycles. The molecule has 1 saturated carbocycles. The van der Waals surface area contributed by atoms with Crippen LogP contribution in [0.3, 0.4) is 0 Å². The van der Waals surface area contributed by atoms with E-state index >= 15 is 0 Å². The monoisotopic (exact) mass is 439 g/mol. The molecule has 0 spiro atoms. The number of para-hydroxylation sites is 4. The summed E-state index contributed by atoms with van der Waals surface area (Å²) in [6, 6.07) is 15.9. The number of methoxy groups -OCH3 is 1. The number of imidazole rings is 1. The largest absolute Gasteiger partial charge is 0.493 e. The number of amides is 1. The fraction of sp³-hybridized carbons (Fsp3) is 0.417. The zero-order valence-electron chi connectivity index (χ0n) is 17.9. The fourth-order valence-corrected chi connectivity index (χ4v) is 4.83. The first-order valence-electron chi connectivity index (χ1n) is 10.9. The second-order valence-corrected chi connectivity index (χ2v) is 8.78. The van der Waals surface area contributed by atoms with Crippen molar-refractivity contribution in [3.05, 3.63) is 48.5 Å². The highest BCUT2D eigenvalue weighted by Gasteiger charge is 2.18. The average Bonchev–Trinajstić information content (AvgIpc) is 3.14. The Bertz CT molecular complexity index is 1010. The van der Waals surface area contributed by atoms with Crippen LogP contribution in [0, 0.1) is 0 Å². The van der Waals surface area contributed by atoms with Crippen LogP contribution in [0.5, 0.6) is 11.5 Å². The molecular formula is C24H29N3O3S. The Morgan fingerprint density at radius 1 is 1.10 bits per heavy atom. The van der Waals surface area contributed by atoms with E-state index in [1.165, 1.54) is 19.3 Å². The van der Waals surface area contributed by atoms with Crippen molar-refractivity contribution in [3.8, 4) is 11.5 Å². The minimum Gasteiger partial charge on any atom is -0.493 e. The minimum atomic E-state index is 0.0576. The highest BCUT2D eigenvalue weighted by molar-refractivity contribution is 7.99. The van der Waals surface area contributed by atoms with Crippen molar-refractivity contribution in [2.24, 2.45) is 0 Å². The summed E-state index contributed by atoms with van der Waals surface area (Å²) >= 11 is 1.60. The summed E-state index contributed by atoms with van der Waals surface area (Å²) in [5, 5.41) is 4.05. The Labute approximate surface area is 187 Å². The minimum absolute atomic E-state index is 0.0576. The molecule has 1 aliphatic rings. The molecule has 0 radical (unpaired) electrons. The maximum atomic E-state index is 12.8. The topological polar surface area (TPSA) is 65.4 Å². The molecule has 7 heteroatoms. The van der Waals surface area contributed by atoms with E-state index in [1.807, 2.05) is 53.1 Å². The molecule has 0 atom stereocenters. The van der Waals surface area contributed by atoms with Crippen LogP contribution in [0.4, 0.5) is 0 Å². The van der Waals surface area contributed by atoms with Crippen LogP contribution in [0.2, 0.25) is 0 Å². The van der Waals surface area contributed by atoms with Crippen molar-refractivity contribution in [2.75, 3.05) is 19.5 Å². The predicted molar refractivity (Wildman–Crippen MR) is 124 cm³/mol. The Kier molecular flexibility index (Phi) is 7.35. The molecule has 1 fully saturated rings. The quantitative estimate of drug-likeness (QED) is 0.388. The van der Waals surface area contributed by atoms with Crippen molar-refractivity contribution in [1.82, 2.24) is 14.9 Å². The predicted octanol–water partition coefficient (Wildman–Crippen LogP) is 4.66. The van der Waals surface area contributed by atoms with Gasteiger partial charge in [0.15, 0.2) is 16.7 Å². The van der Waals surface area contributed by atoms with E-state index in [9.17, 15) is 4.79 Å². The van der Waals surface area contributed by atoms with Crippen LogP contribution >= 0.6 is 11.8 Å². The van der Waals surface area contributed by atoms with Crippen LogP contribution in [-0.2, 0) is 11.3 Å². The number of hydrogen-bond acceptors (Lipinski definition) is 5. The summed E-state index contributed by atoms with van der Waals surface area (Å²) in [5.74, 6) is 2.22. The Hall–Kier alpha value is -2.67. The summed E-state index contributed by atoms with van der Waals surface area (Å²) in [6.07, 6.45) is 5.84. The number of benzene rings is 2. The van der Waals surface area contributed by atoms with Gasteiger partial charge in [0.1, 0.15) is 6.54 Å². The number of thioether (sulfide) groups is 1. The number of ether oxygens (including phenoxy) is 2. The van der Waals surface area contributed by atoms with E-state index in [-0.39, 0.29) is 12.5 Å². The number of nitrogens with one attached hydrogen (secondary N) is 1. The second kappa shape index (κ2) is 10.6. The van der Waals surface area contributed by atoms with E-state index in [1.54, 1.807) is 18.9 Å². The van der Waals surface area contributed by atoms with Gasteiger partial charge >= 0.3 is 0 Å². The van der Waals surface area contributed by atoms with Crippen LogP contribution in [-0.4, -0.2) is 41.0 Å². The summed E-state index contributed by atoms with van der Waals surface area (Å²) < 4.78 is 13.2. The molecule has 2 aromatic carbocycles. The van der Waals surface area contributed by atoms with Crippen LogP contribution < -0.4 is 14.8 Å². The maximum Gasteiger partial charge on any atom is 0.240 e. The Morgan fingerprint density at radius 3 is 2.65 bits per heavy atom. The number of carbonyl (C=O) groups is 1. The molecular weight excluding hydrogens is 410 g/mol. The molecule has 31 heavy (non-hydrogen) atoms. The standard InChI is InChI=1S/C24H29N3O3S/c1-29-21-13-7-8-14-22(21)30-15-16-31-24-26-19-11-5-6-12-20(19)27(24)17-23(28)25-18-9-3-2-4-10-18/h5-8,11-14,18H,2-4,9-10,15-17H2,1H3,(H,25,28). The number of rotatable bonds is 9. The first kappa shape index (κ1) is 21.6. The van der Waals surface area contributed by atoms with Crippen molar-refractivity contribution in [1.29, 1.82) is 0 Å². The number of nitrogens with zero attached hydrogens (tertiary/aromatic N) is 2. The lowest BCUT2D eigenvalue weighted by atomic mass is 9.95. The molecule has 1 amide bonds. The number of fused-ring (bicyclic) bond motifs is 1. The number of carbonyl (C=O) groups excluding carboxylic acids is 1. The smallest absolute Gasteiger partial charge is 0.240 e. The Morgan fingerprint density at radius 2 is 1.84 bits per heavy atom. The molecule has 0 bridgehead atoms. The van der Waals surface area contributed by atoms with E-state index in [2.05, 4.69) is 5.32 Å². The zero-order chi connectivity index (χ0) is 21.5. The highest BCUT2D eigenvalue weighted by atomic mass is 32.2. The van der Waals surface area contributed by atoms with Gasteiger partial charge in [-0.1, -0.05) is 55.3 Å². The molecule has 1 aliphatic carbocycles. The van der Waals surface area contributed by atoms with Gasteiger partial charge in [0.05, 0.1) is 24.8 Å². The molecule has 1 aromatic heterocycles. The zero-order valence-corrected chi connectivity index (χ0v) is 18.7. The van der Waals surface area contributed by atoms with Gasteiger partial charge in [0.2, 0.25) is 5.91 Å². The van der Waals surface area contributed by atoms with Gasteiger partial charge in [0.25, 0.3) is 0 Å². The van der Waals surface area contributed by atoms with Gasteiger partial charge in [-0.2, -0.15) is 0 Å². The molecule has 0 aliphatic heterocycles. The molecule has 1 heterocycles. The first-order valence-corrected chi connectivity index (χ1v) is 11.9. The van der Waals surface area contributed by atoms with E-state index in [0.717, 1.165) is 40.5 Å². The molecule has 0 unspecified atom stereocenters. The third-order valence-electron chi connectivity index (χ3n) is 5.53. The average molecular weight is 440 g/mol. The SMILES string of the molecule is COc1ccccc1OCCSc1nc2ccccc2n1CC(=O)NC1CCCCC1. The van der Waals surface area contributed by atoms with Crippen molar-refractivity contribution >= 4 is 28.7 Å². The van der Waals surface area contributed by atoms with E-state index in [0.29, 0.717) is 18.4 Å². The fourth-order valence-electron chi connectivity index (χ4n) is 4.00. The lowest BCUT2D eigenvalue weighted by Crippen LogP contribution is -2.38. The highest BCUT2D eigenvalue weighted by Crippen LogP contribution is 2.27. The summed E-state index contributed by atoms with van der Waals surface area (Å²) in [5.41, 5.74) is 1.88. The summed E-state index contributed by atoms with van der Waals surface area (Å²) in [4.78, 5) is 17.5. The maximum absolute atomic E-state index is 12.8. The van der Waals surface area contributed by atoms with Gasteiger partial charge in [-0.15, -0.1) is 0 Å². The number of aromatic nitrogens is 2. The first-order chi connectivity index (χ1) is 15.2. The van der Waals surface area contributed by atoms with Crippen LogP contribution in [0.25, 0.3) is 11.0 Å². The summed E-state index contributed by atoms with van der Waals surface area (Å²) in [6.45, 7) is 0.801. The van der Waals surface area contributed by atoms with Gasteiger partial charge in [-0.05, 0) is 37.1 Å². The lowest BCUT2D eigenvalue weighted by Gasteiger charge is -2.23. The number of hydrogen-bond donors (Lipinski definition) is 1. The molecule has 164 valence electrons. The Balaban J connectivity index is 1.40. The van der Waals surface area contributed by atoms with Gasteiger partial charge < -0.3 is 19.4 Å². The normalized spacial score (nSPS) is 14.5. The van der Waals surface area contributed by atoms with Gasteiger partial charge in [-0.3, -0.25) is 4.79 Å². The molecule has 1 N–H and O–H groups in total. The van der Waals surface area contributed by atoms with Gasteiger partial charge in [-0.25, -0.2) is 4.98 Å². The third kappa shape index (κ3) is 5.53. The third-order valence-corrected chi connectivity index (χ3v) is 6.47. The van der Waals surface area contributed by atoms with Crippen LogP contribution in [0.15, 0.2) is 53.7 Å². The molecule has 3 aromatic rings. The van der Waals surface area contributed by atoms with Gasteiger partial charge in [0, 0.05) is 11.8 Å². The summed E-state index contributed by atoms with van der Waals surface area (Å²) in [7, 11) is 1.64. The van der Waals surface area contributed by atoms with Crippen molar-refractivity contribution in [2.45, 2.75) is 49.8 Å². The van der Waals surface area contributed by atoms with E-state index in [4.69, 9.17) is 14.5 Å². The molecule has 6 nitrogen and oxygen atoms in total. The van der Waals surface area contributed by atoms with Crippen LogP contribution in [0.1, 0.15) is 32.1 Å². The van der Waals surface area contributed by atoms with E-state index < -0.39 is 0 Å². The molecule has 4 rings (SSSR count). The second-order valence-electron chi connectivity index (χ2n) is 7.72. The van der Waals surface area contributed by atoms with Crippen molar-refractivity contribution in [3.63, 3.8) is 0 Å². The van der Waals surface area contributed by atoms with Crippen molar-refractivity contribution < 1.29 is 14.3 Å². The lowest BCUT2D eigenvalue weighted by molar-refractivity contribution is -0.122.